The third-order valence-corrected chi connectivity index (χ3v) is 5.65. The summed E-state index contributed by atoms with van der Waals surface area (Å²) in [7, 11) is 1.77. The van der Waals surface area contributed by atoms with Crippen molar-refractivity contribution in [3.8, 4) is 0 Å². The Morgan fingerprint density at radius 2 is 1.81 bits per heavy atom. The monoisotopic (exact) mass is 417 g/mol. The highest BCUT2D eigenvalue weighted by molar-refractivity contribution is 5.89. The predicted octanol–water partition coefficient (Wildman–Crippen LogP) is 4.18. The number of benzene rings is 2. The van der Waals surface area contributed by atoms with Crippen LogP contribution in [0.1, 0.15) is 30.7 Å². The predicted molar refractivity (Wildman–Crippen MR) is 122 cm³/mol. The molecule has 4 rings (SSSR count). The number of nitrogens with zero attached hydrogens (tertiary/aromatic N) is 1. The first-order chi connectivity index (χ1) is 15.0. The van der Waals surface area contributed by atoms with Crippen LogP contribution >= 0.6 is 0 Å². The second-order valence-corrected chi connectivity index (χ2v) is 7.86. The zero-order valence-corrected chi connectivity index (χ0v) is 18.1. The Balaban J connectivity index is 1.59. The number of aryl methyl sites for hydroxylation is 1. The fourth-order valence-electron chi connectivity index (χ4n) is 4.16. The van der Waals surface area contributed by atoms with Gasteiger partial charge in [0.25, 0.3) is 0 Å². The van der Waals surface area contributed by atoms with Crippen LogP contribution in [0.15, 0.2) is 59.1 Å². The van der Waals surface area contributed by atoms with Gasteiger partial charge in [-0.1, -0.05) is 43.3 Å². The van der Waals surface area contributed by atoms with E-state index in [1.807, 2.05) is 61.7 Å². The van der Waals surface area contributed by atoms with Crippen LogP contribution in [0.25, 0.3) is 21.9 Å². The van der Waals surface area contributed by atoms with E-state index < -0.39 is 6.04 Å². The van der Waals surface area contributed by atoms with Gasteiger partial charge in [-0.3, -0.25) is 9.59 Å². The molecular weight excluding hydrogens is 390 g/mol. The molecule has 1 atom stereocenters. The van der Waals surface area contributed by atoms with Crippen molar-refractivity contribution in [3.63, 3.8) is 0 Å². The molecule has 0 saturated carbocycles. The normalized spacial score (nSPS) is 12.2. The number of aromatic nitrogens is 1. The van der Waals surface area contributed by atoms with E-state index in [0.717, 1.165) is 45.2 Å². The average molecular weight is 418 g/mol. The minimum atomic E-state index is -0.648. The quantitative estimate of drug-likeness (QED) is 0.473. The molecule has 160 valence electrons. The molecule has 31 heavy (non-hydrogen) atoms. The van der Waals surface area contributed by atoms with Gasteiger partial charge in [0, 0.05) is 61.4 Å². The van der Waals surface area contributed by atoms with Gasteiger partial charge in [0.05, 0.1) is 0 Å². The molecule has 4 aromatic rings. The first-order valence-corrected chi connectivity index (χ1v) is 10.5. The van der Waals surface area contributed by atoms with E-state index >= 15 is 0 Å². The van der Waals surface area contributed by atoms with E-state index in [-0.39, 0.29) is 11.8 Å². The second kappa shape index (κ2) is 8.68. The lowest BCUT2D eigenvalue weighted by Gasteiger charge is -2.24. The summed E-state index contributed by atoms with van der Waals surface area (Å²) in [5.41, 5.74) is 3.85. The van der Waals surface area contributed by atoms with Crippen LogP contribution in [-0.2, 0) is 29.0 Å². The maximum atomic E-state index is 13.4. The van der Waals surface area contributed by atoms with Crippen LogP contribution in [0.2, 0.25) is 0 Å². The van der Waals surface area contributed by atoms with Gasteiger partial charge in [-0.05, 0) is 17.7 Å². The molecule has 0 aliphatic heterocycles. The lowest BCUT2D eigenvalue weighted by atomic mass is 10.0. The molecule has 6 heteroatoms. The smallest absolute Gasteiger partial charge is 0.245 e. The van der Waals surface area contributed by atoms with Gasteiger partial charge < -0.3 is 19.6 Å². The number of fused-ring (bicyclic) bond motifs is 2. The largest absolute Gasteiger partial charge is 0.461 e. The Morgan fingerprint density at radius 3 is 2.55 bits per heavy atom. The molecule has 0 fully saturated rings. The number of aromatic amines is 1. The minimum absolute atomic E-state index is 0.132. The van der Waals surface area contributed by atoms with Crippen molar-refractivity contribution in [2.45, 2.75) is 39.3 Å². The number of carbonyl (C=O) groups is 2. The van der Waals surface area contributed by atoms with Crippen LogP contribution < -0.4 is 5.32 Å². The third kappa shape index (κ3) is 4.19. The van der Waals surface area contributed by atoms with Crippen molar-refractivity contribution in [2.24, 2.45) is 0 Å². The number of nitrogens with one attached hydrogen (secondary N) is 2. The van der Waals surface area contributed by atoms with E-state index in [4.69, 9.17) is 4.42 Å². The van der Waals surface area contributed by atoms with E-state index in [1.54, 1.807) is 11.9 Å². The molecular formula is C25H27N3O3. The van der Waals surface area contributed by atoms with Gasteiger partial charge in [-0.25, -0.2) is 0 Å². The lowest BCUT2D eigenvalue weighted by Crippen LogP contribution is -2.47. The molecule has 0 aliphatic rings. The maximum Gasteiger partial charge on any atom is 0.245 e. The van der Waals surface area contributed by atoms with Crippen LogP contribution in [0, 0.1) is 0 Å². The Labute approximate surface area is 181 Å². The summed E-state index contributed by atoms with van der Waals surface area (Å²) in [4.78, 5) is 30.1. The van der Waals surface area contributed by atoms with Crippen molar-refractivity contribution in [1.82, 2.24) is 15.2 Å². The first kappa shape index (κ1) is 20.7. The molecule has 2 amide bonds. The Kier molecular flexibility index (Phi) is 5.80. The van der Waals surface area contributed by atoms with Crippen molar-refractivity contribution in [1.29, 1.82) is 0 Å². The molecule has 6 nitrogen and oxygen atoms in total. The summed E-state index contributed by atoms with van der Waals surface area (Å²) in [6.45, 7) is 3.90. The molecule has 0 radical (unpaired) electrons. The molecule has 0 saturated heterocycles. The van der Waals surface area contributed by atoms with Crippen molar-refractivity contribution < 1.29 is 14.0 Å². The highest BCUT2D eigenvalue weighted by Crippen LogP contribution is 2.27. The van der Waals surface area contributed by atoms with Gasteiger partial charge in [0.1, 0.15) is 17.4 Å². The number of carbonyl (C=O) groups excluding carboxylic acids is 2. The number of furan rings is 1. The highest BCUT2D eigenvalue weighted by atomic mass is 16.3. The number of hydrogen-bond donors (Lipinski definition) is 2. The van der Waals surface area contributed by atoms with E-state index in [9.17, 15) is 9.59 Å². The van der Waals surface area contributed by atoms with Crippen molar-refractivity contribution in [2.75, 3.05) is 7.05 Å². The Bertz CT molecular complexity index is 1240. The Morgan fingerprint density at radius 1 is 1.10 bits per heavy atom. The molecule has 2 N–H and O–H groups in total. The molecule has 0 unspecified atom stereocenters. The van der Waals surface area contributed by atoms with Crippen LogP contribution in [0.4, 0.5) is 0 Å². The maximum absolute atomic E-state index is 13.4. The zero-order chi connectivity index (χ0) is 22.0. The molecule has 0 spiro atoms. The number of rotatable bonds is 7. The number of likely N-dealkylation sites (N-methyl/N-ethyl adjacent to an activating group) is 1. The second-order valence-electron chi connectivity index (χ2n) is 7.86. The molecule has 2 aromatic heterocycles. The highest BCUT2D eigenvalue weighted by Gasteiger charge is 2.26. The average Bonchev–Trinajstić information content (AvgIpc) is 3.34. The van der Waals surface area contributed by atoms with Crippen molar-refractivity contribution >= 4 is 33.7 Å². The molecule has 2 aromatic carbocycles. The molecule has 0 aliphatic carbocycles. The topological polar surface area (TPSA) is 78.3 Å². The van der Waals surface area contributed by atoms with Gasteiger partial charge in [-0.15, -0.1) is 0 Å². The fraction of sp³-hybridized carbons (Fsp3) is 0.280. The summed E-state index contributed by atoms with van der Waals surface area (Å²) < 4.78 is 5.98. The lowest BCUT2D eigenvalue weighted by molar-refractivity contribution is -0.135. The van der Waals surface area contributed by atoms with Crippen LogP contribution in [0.5, 0.6) is 0 Å². The fourth-order valence-corrected chi connectivity index (χ4v) is 4.16. The van der Waals surface area contributed by atoms with E-state index in [2.05, 4.69) is 10.3 Å². The number of para-hydroxylation sites is 2. The van der Waals surface area contributed by atoms with Crippen LogP contribution in [-0.4, -0.2) is 34.8 Å². The van der Waals surface area contributed by atoms with Gasteiger partial charge in [-0.2, -0.15) is 0 Å². The zero-order valence-electron chi connectivity index (χ0n) is 18.1. The number of hydrogen-bond acceptors (Lipinski definition) is 3. The summed E-state index contributed by atoms with van der Waals surface area (Å²) in [6, 6.07) is 15.2. The summed E-state index contributed by atoms with van der Waals surface area (Å²) in [5.74, 6) is 0.524. The van der Waals surface area contributed by atoms with E-state index in [1.165, 1.54) is 6.92 Å². The number of H-pyrrole nitrogens is 1. The van der Waals surface area contributed by atoms with Crippen molar-refractivity contribution in [3.05, 3.63) is 71.6 Å². The summed E-state index contributed by atoms with van der Waals surface area (Å²) >= 11 is 0. The van der Waals surface area contributed by atoms with Crippen LogP contribution in [0.3, 0.4) is 0 Å². The first-order valence-electron chi connectivity index (χ1n) is 10.5. The molecule has 0 bridgehead atoms. The Hall–Kier alpha value is -3.54. The third-order valence-electron chi connectivity index (χ3n) is 5.65. The standard InChI is InChI=1S/C25H27N3O3/c1-4-23-20(19-10-6-8-12-24(19)31-23)15-28(3)25(30)22(27-16(2)29)13-17-14-26-21-11-7-5-9-18(17)21/h5-12,14,22,26H,4,13,15H2,1-3H3,(H,27,29)/t22-/m0/s1. The summed E-state index contributed by atoms with van der Waals surface area (Å²) in [5, 5.41) is 4.92. The summed E-state index contributed by atoms with van der Waals surface area (Å²) in [6.07, 6.45) is 3.07. The van der Waals surface area contributed by atoms with Gasteiger partial charge in [0.2, 0.25) is 11.8 Å². The number of amides is 2. The van der Waals surface area contributed by atoms with Gasteiger partial charge >= 0.3 is 0 Å². The van der Waals surface area contributed by atoms with E-state index in [0.29, 0.717) is 13.0 Å². The SMILES string of the molecule is CCc1oc2ccccc2c1CN(C)C(=O)[C@H](Cc1c[nH]c2ccccc12)NC(C)=O. The van der Waals surface area contributed by atoms with Gasteiger partial charge in [0.15, 0.2) is 0 Å². The molecule has 2 heterocycles. The minimum Gasteiger partial charge on any atom is -0.461 e.